The van der Waals surface area contributed by atoms with Crippen molar-refractivity contribution in [3.8, 4) is 5.75 Å². The molecule has 1 aliphatic rings. The minimum Gasteiger partial charge on any atom is -0.496 e. The van der Waals surface area contributed by atoms with Gasteiger partial charge in [0.1, 0.15) is 12.4 Å². The summed E-state index contributed by atoms with van der Waals surface area (Å²) in [4.78, 5) is 12.3. The molecule has 132 valence electrons. The Morgan fingerprint density at radius 3 is 2.71 bits per heavy atom. The number of fused-ring (bicyclic) bond motifs is 1. The Kier molecular flexibility index (Phi) is 5.92. The Bertz CT molecular complexity index is 660. The van der Waals surface area contributed by atoms with Gasteiger partial charge in [-0.2, -0.15) is 0 Å². The molecule has 1 aromatic carbocycles. The lowest BCUT2D eigenvalue weighted by atomic mass is 9.93. The quantitative estimate of drug-likeness (QED) is 0.577. The minimum absolute atomic E-state index is 0.217. The first-order valence-electron chi connectivity index (χ1n) is 8.72. The number of carbonyl (C=O) groups excluding carboxylic acids is 1. The first-order chi connectivity index (χ1) is 11.4. The molecule has 4 nitrogen and oxygen atoms in total. The zero-order valence-corrected chi connectivity index (χ0v) is 15.7. The average molecular weight is 331 g/mol. The molecule has 0 amide bonds. The van der Waals surface area contributed by atoms with Crippen LogP contribution in [0.15, 0.2) is 11.6 Å². The van der Waals surface area contributed by atoms with Crippen LogP contribution in [0.3, 0.4) is 0 Å². The van der Waals surface area contributed by atoms with Crippen molar-refractivity contribution in [1.82, 2.24) is 0 Å². The largest absolute Gasteiger partial charge is 0.496 e. The molecule has 0 spiro atoms. The van der Waals surface area contributed by atoms with E-state index in [0.717, 1.165) is 47.4 Å². The molecule has 0 aromatic heterocycles. The van der Waals surface area contributed by atoms with E-state index in [9.17, 15) is 4.79 Å². The molecular formula is C20H29NO3. The van der Waals surface area contributed by atoms with E-state index >= 15 is 0 Å². The van der Waals surface area contributed by atoms with Crippen molar-refractivity contribution in [2.24, 2.45) is 0 Å². The lowest BCUT2D eigenvalue weighted by molar-refractivity contribution is 0.0535. The van der Waals surface area contributed by atoms with Crippen molar-refractivity contribution < 1.29 is 14.3 Å². The monoisotopic (exact) mass is 331 g/mol. The number of hydrogen-bond acceptors (Lipinski definition) is 4. The van der Waals surface area contributed by atoms with E-state index < -0.39 is 0 Å². The Balaban J connectivity index is 2.61. The summed E-state index contributed by atoms with van der Waals surface area (Å²) in [5.41, 5.74) is 5.89. The summed E-state index contributed by atoms with van der Waals surface area (Å²) >= 11 is 0. The summed E-state index contributed by atoms with van der Waals surface area (Å²) < 4.78 is 11.0. The molecule has 1 N–H and O–H groups in total. The third kappa shape index (κ3) is 3.58. The van der Waals surface area contributed by atoms with Crippen LogP contribution >= 0.6 is 0 Å². The Hall–Kier alpha value is -1.97. The van der Waals surface area contributed by atoms with Gasteiger partial charge in [0.15, 0.2) is 0 Å². The molecule has 2 rings (SSSR count). The maximum atomic E-state index is 12.3. The number of benzene rings is 1. The number of anilines is 1. The first kappa shape index (κ1) is 18.4. The fourth-order valence-corrected chi connectivity index (χ4v) is 3.27. The van der Waals surface area contributed by atoms with Gasteiger partial charge in [-0.05, 0) is 46.1 Å². The topological polar surface area (TPSA) is 47.6 Å². The zero-order chi connectivity index (χ0) is 17.9. The summed E-state index contributed by atoms with van der Waals surface area (Å²) in [6.07, 6.45) is 5.19. The SMILES string of the molecule is CCC/C(C)=C/Cc1c(NC(C)C)c2c(c(C)c1OC)COC2=O. The van der Waals surface area contributed by atoms with Crippen LogP contribution in [0.4, 0.5) is 5.69 Å². The van der Waals surface area contributed by atoms with E-state index in [2.05, 4.69) is 39.1 Å². The van der Waals surface area contributed by atoms with Crippen molar-refractivity contribution in [3.63, 3.8) is 0 Å². The van der Waals surface area contributed by atoms with Gasteiger partial charge in [-0.3, -0.25) is 0 Å². The van der Waals surface area contributed by atoms with Crippen molar-refractivity contribution in [3.05, 3.63) is 33.9 Å². The van der Waals surface area contributed by atoms with E-state index in [1.54, 1.807) is 7.11 Å². The molecule has 0 saturated carbocycles. The summed E-state index contributed by atoms with van der Waals surface area (Å²) in [7, 11) is 1.69. The molecule has 0 fully saturated rings. The minimum atomic E-state index is -0.241. The molecule has 0 atom stereocenters. The molecular weight excluding hydrogens is 302 g/mol. The normalized spacial score (nSPS) is 14.0. The second kappa shape index (κ2) is 7.73. The third-order valence-electron chi connectivity index (χ3n) is 4.41. The summed E-state index contributed by atoms with van der Waals surface area (Å²) in [6, 6.07) is 0.217. The number of carbonyl (C=O) groups is 1. The number of esters is 1. The van der Waals surface area contributed by atoms with E-state index in [0.29, 0.717) is 12.2 Å². The second-order valence-corrected chi connectivity index (χ2v) is 6.75. The molecule has 0 unspecified atom stereocenters. The van der Waals surface area contributed by atoms with Crippen LogP contribution < -0.4 is 10.1 Å². The molecule has 0 aliphatic carbocycles. The van der Waals surface area contributed by atoms with Gasteiger partial charge in [0.2, 0.25) is 0 Å². The van der Waals surface area contributed by atoms with Crippen molar-refractivity contribution in [1.29, 1.82) is 0 Å². The highest BCUT2D eigenvalue weighted by molar-refractivity contribution is 6.01. The molecule has 1 aliphatic heterocycles. The Morgan fingerprint density at radius 1 is 1.42 bits per heavy atom. The zero-order valence-electron chi connectivity index (χ0n) is 15.7. The standard InChI is InChI=1S/C20H29NO3/c1-7-8-13(4)9-10-15-18(21-12(2)3)17-16(11-24-20(17)22)14(5)19(15)23-6/h9,12,21H,7-8,10-11H2,1-6H3/b13-9+. The highest BCUT2D eigenvalue weighted by atomic mass is 16.5. The number of hydrogen-bond donors (Lipinski definition) is 1. The van der Waals surface area contributed by atoms with Crippen LogP contribution in [0.25, 0.3) is 0 Å². The van der Waals surface area contributed by atoms with Gasteiger partial charge in [0, 0.05) is 17.2 Å². The Labute approximate surface area is 145 Å². The maximum Gasteiger partial charge on any atom is 0.341 e. The van der Waals surface area contributed by atoms with Gasteiger partial charge in [0.25, 0.3) is 0 Å². The van der Waals surface area contributed by atoms with E-state index in [1.807, 2.05) is 6.92 Å². The van der Waals surface area contributed by atoms with E-state index in [4.69, 9.17) is 9.47 Å². The fourth-order valence-electron chi connectivity index (χ4n) is 3.27. The second-order valence-electron chi connectivity index (χ2n) is 6.75. The molecule has 0 saturated heterocycles. The van der Waals surface area contributed by atoms with Gasteiger partial charge < -0.3 is 14.8 Å². The van der Waals surface area contributed by atoms with Gasteiger partial charge in [-0.25, -0.2) is 4.79 Å². The smallest absolute Gasteiger partial charge is 0.341 e. The van der Waals surface area contributed by atoms with E-state index in [1.165, 1.54) is 5.57 Å². The predicted octanol–water partition coefficient (Wildman–Crippen LogP) is 4.78. The molecule has 0 bridgehead atoms. The van der Waals surface area contributed by atoms with Crippen LogP contribution in [0.2, 0.25) is 0 Å². The summed E-state index contributed by atoms with van der Waals surface area (Å²) in [6.45, 7) is 10.8. The molecule has 4 heteroatoms. The van der Waals surface area contributed by atoms with Crippen LogP contribution in [0.5, 0.6) is 5.75 Å². The maximum absolute atomic E-state index is 12.3. The molecule has 0 radical (unpaired) electrons. The lowest BCUT2D eigenvalue weighted by Gasteiger charge is -2.22. The highest BCUT2D eigenvalue weighted by Crippen LogP contribution is 2.41. The number of methoxy groups -OCH3 is 1. The van der Waals surface area contributed by atoms with Gasteiger partial charge in [-0.1, -0.05) is 25.0 Å². The predicted molar refractivity (Wildman–Crippen MR) is 98.0 cm³/mol. The number of nitrogens with one attached hydrogen (secondary N) is 1. The van der Waals surface area contributed by atoms with Crippen molar-refractivity contribution in [2.75, 3.05) is 12.4 Å². The number of allylic oxidation sites excluding steroid dienone is 2. The molecule has 24 heavy (non-hydrogen) atoms. The van der Waals surface area contributed by atoms with Crippen LogP contribution in [0.1, 0.15) is 67.6 Å². The highest BCUT2D eigenvalue weighted by Gasteiger charge is 2.32. The van der Waals surface area contributed by atoms with E-state index in [-0.39, 0.29) is 12.0 Å². The molecule has 1 aromatic rings. The van der Waals surface area contributed by atoms with Crippen LogP contribution in [-0.4, -0.2) is 19.1 Å². The molecule has 1 heterocycles. The number of ether oxygens (including phenoxy) is 2. The lowest BCUT2D eigenvalue weighted by Crippen LogP contribution is -2.16. The number of cyclic esters (lactones) is 1. The van der Waals surface area contributed by atoms with Gasteiger partial charge >= 0.3 is 5.97 Å². The van der Waals surface area contributed by atoms with Gasteiger partial charge in [-0.15, -0.1) is 0 Å². The first-order valence-corrected chi connectivity index (χ1v) is 8.72. The van der Waals surface area contributed by atoms with Crippen molar-refractivity contribution >= 4 is 11.7 Å². The summed E-state index contributed by atoms with van der Waals surface area (Å²) in [5.74, 6) is 0.616. The van der Waals surface area contributed by atoms with Gasteiger partial charge in [0.05, 0.1) is 18.4 Å². The fraction of sp³-hybridized carbons (Fsp3) is 0.550. The summed E-state index contributed by atoms with van der Waals surface area (Å²) in [5, 5.41) is 3.45. The van der Waals surface area contributed by atoms with Crippen LogP contribution in [-0.2, 0) is 17.8 Å². The van der Waals surface area contributed by atoms with Crippen LogP contribution in [0, 0.1) is 6.92 Å². The number of rotatable bonds is 7. The average Bonchev–Trinajstić information content (AvgIpc) is 2.90. The third-order valence-corrected chi connectivity index (χ3v) is 4.41. The van der Waals surface area contributed by atoms with Crippen molar-refractivity contribution in [2.45, 2.75) is 66.5 Å². The Morgan fingerprint density at radius 2 is 2.12 bits per heavy atom.